The average molecular weight is 869 g/mol. The van der Waals surface area contributed by atoms with Crippen molar-refractivity contribution in [2.75, 3.05) is 9.80 Å². The number of para-hydroxylation sites is 4. The predicted octanol–water partition coefficient (Wildman–Crippen LogP) is 17.9. The topological polar surface area (TPSA) is 6.48 Å². The highest BCUT2D eigenvalue weighted by Gasteiger charge is 2.18. The fraction of sp³-hybridized carbons (Fsp3) is 0.0606. The highest BCUT2D eigenvalue weighted by Crippen LogP contribution is 2.42. The molecular weight excluding hydrogens is 821 g/mol. The van der Waals surface area contributed by atoms with Crippen LogP contribution >= 0.6 is 0 Å². The largest absolute Gasteiger partial charge is 0.310 e. The molecule has 0 radical (unpaired) electrons. The van der Waals surface area contributed by atoms with Gasteiger partial charge in [-0.25, -0.2) is 0 Å². The molecule has 0 aliphatic rings. The van der Waals surface area contributed by atoms with Gasteiger partial charge in [0.15, 0.2) is 0 Å². The Morgan fingerprint density at radius 3 is 0.971 bits per heavy atom. The Morgan fingerprint density at radius 2 is 0.632 bits per heavy atom. The molecule has 0 aliphatic heterocycles. The third-order valence-corrected chi connectivity index (χ3v) is 13.2. The average Bonchev–Trinajstić information content (AvgIpc) is 3.38. The molecule has 2 heteroatoms. The molecule has 0 saturated carbocycles. The molecule has 11 aromatic rings. The van der Waals surface area contributed by atoms with Crippen LogP contribution in [0, 0.1) is 37.5 Å². The molecule has 0 spiro atoms. The van der Waals surface area contributed by atoms with Crippen LogP contribution in [0.25, 0.3) is 65.3 Å². The number of hydrogen-bond donors (Lipinski definition) is 0. The van der Waals surface area contributed by atoms with E-state index in [0.29, 0.717) is 0 Å². The van der Waals surface area contributed by atoms with E-state index in [4.69, 9.17) is 0 Å². The van der Waals surface area contributed by atoms with Gasteiger partial charge in [0.2, 0.25) is 0 Å². The van der Waals surface area contributed by atoms with Crippen molar-refractivity contribution >= 4 is 77.2 Å². The summed E-state index contributed by atoms with van der Waals surface area (Å²) in [6.45, 7) is 8.28. The van der Waals surface area contributed by atoms with Crippen molar-refractivity contribution in [3.05, 3.63) is 241 Å². The molecule has 68 heavy (non-hydrogen) atoms. The number of anilines is 6. The maximum Gasteiger partial charge on any atom is 0.0468 e. The number of aryl methyl sites for hydroxylation is 2. The van der Waals surface area contributed by atoms with E-state index >= 15 is 0 Å². The molecule has 11 aromatic carbocycles. The Balaban J connectivity index is 0.974. The van der Waals surface area contributed by atoms with Gasteiger partial charge in [0.1, 0.15) is 0 Å². The zero-order valence-corrected chi connectivity index (χ0v) is 38.7. The summed E-state index contributed by atoms with van der Waals surface area (Å²) >= 11 is 0. The smallest absolute Gasteiger partial charge is 0.0468 e. The van der Waals surface area contributed by atoms with Crippen LogP contribution in [0.4, 0.5) is 34.1 Å². The van der Waals surface area contributed by atoms with Gasteiger partial charge in [0, 0.05) is 45.3 Å². The summed E-state index contributed by atoms with van der Waals surface area (Å²) in [5.41, 5.74) is 15.6. The minimum Gasteiger partial charge on any atom is -0.310 e. The lowest BCUT2D eigenvalue weighted by atomic mass is 9.88. The van der Waals surface area contributed by atoms with E-state index < -0.39 is 0 Å². The molecule has 0 atom stereocenters. The fourth-order valence-electron chi connectivity index (χ4n) is 10.0. The molecule has 0 saturated heterocycles. The molecule has 0 bridgehead atoms. The van der Waals surface area contributed by atoms with Crippen molar-refractivity contribution in [2.45, 2.75) is 27.7 Å². The maximum absolute atomic E-state index is 3.49. The van der Waals surface area contributed by atoms with Crippen molar-refractivity contribution in [3.8, 4) is 45.9 Å². The molecule has 0 unspecified atom stereocenters. The maximum atomic E-state index is 3.49. The van der Waals surface area contributed by atoms with Gasteiger partial charge in [-0.3, -0.25) is 0 Å². The number of hydrogen-bond acceptors (Lipinski definition) is 2. The van der Waals surface area contributed by atoms with E-state index in [1.54, 1.807) is 0 Å². The first-order valence-electron chi connectivity index (χ1n) is 23.2. The first-order valence-corrected chi connectivity index (χ1v) is 23.2. The van der Waals surface area contributed by atoms with Crippen molar-refractivity contribution < 1.29 is 0 Å². The van der Waals surface area contributed by atoms with Gasteiger partial charge in [-0.2, -0.15) is 0 Å². The Morgan fingerprint density at radius 1 is 0.294 bits per heavy atom. The van der Waals surface area contributed by atoms with E-state index in [1.807, 2.05) is 13.8 Å². The first-order chi connectivity index (χ1) is 33.4. The van der Waals surface area contributed by atoms with Crippen LogP contribution in [0.15, 0.2) is 218 Å². The van der Waals surface area contributed by atoms with E-state index in [0.717, 1.165) is 67.5 Å². The van der Waals surface area contributed by atoms with Crippen LogP contribution in [-0.4, -0.2) is 0 Å². The summed E-state index contributed by atoms with van der Waals surface area (Å²) in [5, 5.41) is 9.79. The second-order valence-corrected chi connectivity index (χ2v) is 17.4. The van der Waals surface area contributed by atoms with Gasteiger partial charge >= 0.3 is 0 Å². The third kappa shape index (κ3) is 7.69. The molecule has 0 fully saturated rings. The lowest BCUT2D eigenvalue weighted by Gasteiger charge is -2.26. The molecule has 0 heterocycles. The highest BCUT2D eigenvalue weighted by atomic mass is 15.1. The second kappa shape index (κ2) is 17.9. The van der Waals surface area contributed by atoms with Gasteiger partial charge in [-0.05, 0) is 201 Å². The third-order valence-electron chi connectivity index (χ3n) is 13.2. The molecule has 0 amide bonds. The number of fused-ring (bicyclic) bond motifs is 6. The quantitative estimate of drug-likeness (QED) is 0.111. The molecule has 0 aliphatic carbocycles. The van der Waals surface area contributed by atoms with Crippen LogP contribution < -0.4 is 9.80 Å². The predicted molar refractivity (Wildman–Crippen MR) is 291 cm³/mol. The molecule has 322 valence electrons. The van der Waals surface area contributed by atoms with Crippen molar-refractivity contribution in [1.82, 2.24) is 0 Å². The Bertz CT molecular complexity index is 3500. The van der Waals surface area contributed by atoms with E-state index in [-0.39, 0.29) is 0 Å². The van der Waals surface area contributed by atoms with Crippen molar-refractivity contribution in [1.29, 1.82) is 0 Å². The Kier molecular flexibility index (Phi) is 11.0. The van der Waals surface area contributed by atoms with Gasteiger partial charge in [-0.15, -0.1) is 11.8 Å². The number of rotatable bonds is 8. The highest BCUT2D eigenvalue weighted by molar-refractivity contribution is 6.12. The lowest BCUT2D eigenvalue weighted by Crippen LogP contribution is -2.09. The SMILES string of the molecule is CC#Cc1cc(-c2ccc3c(c2)cc(C)c2cc(N(c4ccccc4)c4ccccc4)ccc23)c(C#CC)cc1-c1ccc2c(c1)cc(C)c1cc(N(c3ccccc3)c3ccccc3)ccc12. The van der Waals surface area contributed by atoms with Crippen LogP contribution in [-0.2, 0) is 0 Å². The van der Waals surface area contributed by atoms with Crippen LogP contribution in [0.5, 0.6) is 0 Å². The second-order valence-electron chi connectivity index (χ2n) is 17.4. The molecular formula is C66H48N2. The minimum absolute atomic E-state index is 0.983. The summed E-state index contributed by atoms with van der Waals surface area (Å²) in [6.07, 6.45) is 0. The summed E-state index contributed by atoms with van der Waals surface area (Å²) in [4.78, 5) is 4.65. The van der Waals surface area contributed by atoms with Crippen LogP contribution in [0.1, 0.15) is 36.1 Å². The molecule has 0 aromatic heterocycles. The van der Waals surface area contributed by atoms with E-state index in [1.165, 1.54) is 54.2 Å². The fourth-order valence-corrected chi connectivity index (χ4v) is 10.0. The van der Waals surface area contributed by atoms with Gasteiger partial charge in [0.25, 0.3) is 0 Å². The van der Waals surface area contributed by atoms with Crippen molar-refractivity contribution in [3.63, 3.8) is 0 Å². The van der Waals surface area contributed by atoms with Crippen molar-refractivity contribution in [2.24, 2.45) is 0 Å². The molecule has 0 N–H and O–H groups in total. The van der Waals surface area contributed by atoms with Crippen LogP contribution in [0.3, 0.4) is 0 Å². The Hall–Kier alpha value is -8.82. The lowest BCUT2D eigenvalue weighted by molar-refractivity contribution is 1.29. The Labute approximate surface area is 399 Å². The van der Waals surface area contributed by atoms with E-state index in [2.05, 4.69) is 266 Å². The van der Waals surface area contributed by atoms with Gasteiger partial charge in [-0.1, -0.05) is 133 Å². The zero-order valence-electron chi connectivity index (χ0n) is 38.7. The first kappa shape index (κ1) is 41.9. The van der Waals surface area contributed by atoms with Gasteiger partial charge < -0.3 is 9.80 Å². The van der Waals surface area contributed by atoms with Gasteiger partial charge in [0.05, 0.1) is 0 Å². The summed E-state index contributed by atoms with van der Waals surface area (Å²) in [5.74, 6) is 13.4. The summed E-state index contributed by atoms with van der Waals surface area (Å²) in [7, 11) is 0. The number of benzene rings is 11. The molecule has 11 rings (SSSR count). The molecule has 2 nitrogen and oxygen atoms in total. The monoisotopic (exact) mass is 868 g/mol. The van der Waals surface area contributed by atoms with E-state index in [9.17, 15) is 0 Å². The number of nitrogens with zero attached hydrogens (tertiary/aromatic N) is 2. The minimum atomic E-state index is 0.983. The zero-order chi connectivity index (χ0) is 46.1. The van der Waals surface area contributed by atoms with Crippen LogP contribution in [0.2, 0.25) is 0 Å². The summed E-state index contributed by atoms with van der Waals surface area (Å²) < 4.78 is 0. The normalized spacial score (nSPS) is 11.0. The standard InChI is InChI=1S/C66H48N2/c1-5-19-47-41-66(50-30-34-60-52(40-50)38-46(4)64-44-58(32-36-62(60)64)68(55-25-15-9-16-26-55)56-27-17-10-18-28-56)48(20-6-2)42-65(47)49-29-33-59-51(39-49)37-45(3)63-43-57(31-35-61(59)63)67(53-21-11-7-12-22-53)54-23-13-8-14-24-54/h7-18,21-44H,1-4H3. The summed E-state index contributed by atoms with van der Waals surface area (Å²) in [6, 6.07) is 78.9.